The van der Waals surface area contributed by atoms with E-state index in [9.17, 15) is 4.79 Å². The van der Waals surface area contributed by atoms with E-state index >= 15 is 0 Å². The second kappa shape index (κ2) is 6.10. The maximum absolute atomic E-state index is 10.9. The van der Waals surface area contributed by atoms with Crippen molar-refractivity contribution in [3.05, 3.63) is 47.0 Å². The van der Waals surface area contributed by atoms with Crippen molar-refractivity contribution < 1.29 is 9.90 Å². The molecular weight excluding hydrogens is 256 g/mol. The highest BCUT2D eigenvalue weighted by atomic mass is 16.4. The molecule has 0 saturated heterocycles. The van der Waals surface area contributed by atoms with E-state index in [1.54, 1.807) is 13.1 Å². The molecule has 0 aliphatic carbocycles. The predicted molar refractivity (Wildman–Crippen MR) is 74.7 cm³/mol. The van der Waals surface area contributed by atoms with Crippen LogP contribution in [0, 0.1) is 6.92 Å². The minimum Gasteiger partial charge on any atom is -0.478 e. The van der Waals surface area contributed by atoms with E-state index in [0.29, 0.717) is 18.2 Å². The number of aryl methyl sites for hydroxylation is 2. The number of hydrogen-bond donors (Lipinski definition) is 2. The average molecular weight is 272 g/mol. The summed E-state index contributed by atoms with van der Waals surface area (Å²) in [5.41, 5.74) is 2.66. The lowest BCUT2D eigenvalue weighted by atomic mass is 10.1. The number of hydrogen-bond acceptors (Lipinski definition) is 5. The molecule has 2 aromatic heterocycles. The quantitative estimate of drug-likeness (QED) is 0.866. The van der Waals surface area contributed by atoms with Gasteiger partial charge in [-0.1, -0.05) is 13.0 Å². The molecule has 2 rings (SSSR count). The molecule has 2 heterocycles. The van der Waals surface area contributed by atoms with Crippen LogP contribution in [-0.2, 0) is 13.0 Å². The number of nitrogens with one attached hydrogen (secondary N) is 1. The van der Waals surface area contributed by atoms with Crippen LogP contribution in [0.3, 0.4) is 0 Å². The summed E-state index contributed by atoms with van der Waals surface area (Å²) >= 11 is 0. The number of aromatic carboxylic acids is 1. The molecule has 0 aliphatic rings. The van der Waals surface area contributed by atoms with E-state index in [0.717, 1.165) is 12.1 Å². The first kappa shape index (κ1) is 13.9. The van der Waals surface area contributed by atoms with Gasteiger partial charge in [0.15, 0.2) is 0 Å². The van der Waals surface area contributed by atoms with E-state index in [2.05, 4.69) is 27.2 Å². The smallest absolute Gasteiger partial charge is 0.339 e. The van der Waals surface area contributed by atoms with Gasteiger partial charge in [0, 0.05) is 12.4 Å². The van der Waals surface area contributed by atoms with Crippen LogP contribution in [-0.4, -0.2) is 26.0 Å². The maximum atomic E-state index is 10.9. The zero-order chi connectivity index (χ0) is 14.5. The molecule has 6 heteroatoms. The molecule has 2 N–H and O–H groups in total. The normalized spacial score (nSPS) is 10.3. The van der Waals surface area contributed by atoms with Crippen LogP contribution in [0.1, 0.15) is 34.2 Å². The van der Waals surface area contributed by atoms with E-state index < -0.39 is 5.97 Å². The second-order valence-corrected chi connectivity index (χ2v) is 4.31. The topological polar surface area (TPSA) is 88.0 Å². The Bertz CT molecular complexity index is 628. The van der Waals surface area contributed by atoms with Crippen molar-refractivity contribution in [3.63, 3.8) is 0 Å². The SMILES string of the molecule is CCc1cccnc1CNc1ncc(C(=O)O)c(C)n1. The van der Waals surface area contributed by atoms with Crippen molar-refractivity contribution in [2.45, 2.75) is 26.8 Å². The summed E-state index contributed by atoms with van der Waals surface area (Å²) in [4.78, 5) is 23.3. The van der Waals surface area contributed by atoms with Crippen molar-refractivity contribution in [1.29, 1.82) is 0 Å². The van der Waals surface area contributed by atoms with Crippen LogP contribution in [0.5, 0.6) is 0 Å². The Balaban J connectivity index is 2.11. The van der Waals surface area contributed by atoms with Crippen molar-refractivity contribution in [2.24, 2.45) is 0 Å². The van der Waals surface area contributed by atoms with Gasteiger partial charge in [0.1, 0.15) is 0 Å². The molecule has 20 heavy (non-hydrogen) atoms. The van der Waals surface area contributed by atoms with E-state index in [4.69, 9.17) is 5.11 Å². The summed E-state index contributed by atoms with van der Waals surface area (Å²) in [5, 5.41) is 12.0. The lowest BCUT2D eigenvalue weighted by Gasteiger charge is -2.09. The molecule has 104 valence electrons. The fraction of sp³-hybridized carbons (Fsp3) is 0.286. The molecule has 0 amide bonds. The molecule has 0 bridgehead atoms. The highest BCUT2D eigenvalue weighted by Gasteiger charge is 2.10. The van der Waals surface area contributed by atoms with Crippen LogP contribution in [0.15, 0.2) is 24.5 Å². The Kier molecular flexibility index (Phi) is 4.24. The van der Waals surface area contributed by atoms with Crippen LogP contribution >= 0.6 is 0 Å². The van der Waals surface area contributed by atoms with Crippen molar-refractivity contribution in [1.82, 2.24) is 15.0 Å². The van der Waals surface area contributed by atoms with Crippen molar-refractivity contribution >= 4 is 11.9 Å². The number of carboxylic acids is 1. The van der Waals surface area contributed by atoms with Gasteiger partial charge in [-0.2, -0.15) is 0 Å². The minimum atomic E-state index is -1.02. The molecular formula is C14H16N4O2. The Morgan fingerprint density at radius 3 is 2.85 bits per heavy atom. The average Bonchev–Trinajstić information content (AvgIpc) is 2.45. The molecule has 6 nitrogen and oxygen atoms in total. The van der Waals surface area contributed by atoms with Crippen molar-refractivity contribution in [2.75, 3.05) is 5.32 Å². The first-order valence-electron chi connectivity index (χ1n) is 6.35. The van der Waals surface area contributed by atoms with Gasteiger partial charge in [-0.25, -0.2) is 14.8 Å². The molecule has 0 atom stereocenters. The minimum absolute atomic E-state index is 0.114. The van der Waals surface area contributed by atoms with Gasteiger partial charge < -0.3 is 10.4 Å². The molecule has 0 unspecified atom stereocenters. The number of carbonyl (C=O) groups is 1. The lowest BCUT2D eigenvalue weighted by molar-refractivity contribution is 0.0695. The number of anilines is 1. The third-order valence-corrected chi connectivity index (χ3v) is 2.99. The number of pyridine rings is 1. The van der Waals surface area contributed by atoms with Gasteiger partial charge in [-0.15, -0.1) is 0 Å². The van der Waals surface area contributed by atoms with Crippen LogP contribution in [0.25, 0.3) is 0 Å². The first-order valence-corrected chi connectivity index (χ1v) is 6.35. The van der Waals surface area contributed by atoms with Gasteiger partial charge in [-0.05, 0) is 25.0 Å². The summed E-state index contributed by atoms with van der Waals surface area (Å²) < 4.78 is 0. The Labute approximate surface area is 116 Å². The standard InChI is InChI=1S/C14H16N4O2/c1-3-10-5-4-6-15-12(10)8-17-14-16-7-11(13(19)20)9(2)18-14/h4-7H,3,8H2,1-2H3,(H,19,20)(H,16,17,18). The van der Waals surface area contributed by atoms with Crippen LogP contribution < -0.4 is 5.32 Å². The Morgan fingerprint density at radius 2 is 2.20 bits per heavy atom. The largest absolute Gasteiger partial charge is 0.478 e. The molecule has 0 aliphatic heterocycles. The third kappa shape index (κ3) is 3.09. The number of carboxylic acid groups (broad SMARTS) is 1. The second-order valence-electron chi connectivity index (χ2n) is 4.31. The van der Waals surface area contributed by atoms with Crippen LogP contribution in [0.2, 0.25) is 0 Å². The van der Waals surface area contributed by atoms with Gasteiger partial charge in [0.25, 0.3) is 0 Å². The Hall–Kier alpha value is -2.50. The molecule has 0 fully saturated rings. The lowest BCUT2D eigenvalue weighted by Crippen LogP contribution is -2.10. The molecule has 0 radical (unpaired) electrons. The predicted octanol–water partition coefficient (Wildman–Crippen LogP) is 2.05. The molecule has 0 aromatic carbocycles. The fourth-order valence-electron chi connectivity index (χ4n) is 1.88. The summed E-state index contributed by atoms with van der Waals surface area (Å²) in [6, 6.07) is 3.94. The van der Waals surface area contributed by atoms with Gasteiger partial charge >= 0.3 is 5.97 Å². The van der Waals surface area contributed by atoms with Crippen LogP contribution in [0.4, 0.5) is 5.95 Å². The molecule has 0 spiro atoms. The van der Waals surface area contributed by atoms with Gasteiger partial charge in [-0.3, -0.25) is 4.98 Å². The maximum Gasteiger partial charge on any atom is 0.339 e. The first-order chi connectivity index (χ1) is 9.61. The Morgan fingerprint density at radius 1 is 1.40 bits per heavy atom. The highest BCUT2D eigenvalue weighted by Crippen LogP contribution is 2.10. The molecule has 2 aromatic rings. The number of rotatable bonds is 5. The number of nitrogens with zero attached hydrogens (tertiary/aromatic N) is 3. The summed E-state index contributed by atoms with van der Waals surface area (Å²) in [6.07, 6.45) is 3.96. The zero-order valence-corrected chi connectivity index (χ0v) is 11.4. The van der Waals surface area contributed by atoms with Gasteiger partial charge in [0.2, 0.25) is 5.95 Å². The highest BCUT2D eigenvalue weighted by molar-refractivity contribution is 5.88. The van der Waals surface area contributed by atoms with Gasteiger partial charge in [0.05, 0.1) is 23.5 Å². The summed E-state index contributed by atoms with van der Waals surface area (Å²) in [5.74, 6) is -0.618. The van der Waals surface area contributed by atoms with E-state index in [1.807, 2.05) is 12.1 Å². The van der Waals surface area contributed by atoms with E-state index in [1.165, 1.54) is 11.8 Å². The van der Waals surface area contributed by atoms with E-state index in [-0.39, 0.29) is 5.56 Å². The fourth-order valence-corrected chi connectivity index (χ4v) is 1.88. The van der Waals surface area contributed by atoms with Crippen molar-refractivity contribution in [3.8, 4) is 0 Å². The summed E-state index contributed by atoms with van der Waals surface area (Å²) in [7, 11) is 0. The summed E-state index contributed by atoms with van der Waals surface area (Å²) in [6.45, 7) is 4.23. The zero-order valence-electron chi connectivity index (χ0n) is 11.4. The number of aromatic nitrogens is 3. The molecule has 0 saturated carbocycles. The third-order valence-electron chi connectivity index (χ3n) is 2.99. The monoisotopic (exact) mass is 272 g/mol.